The maximum Gasteiger partial charge on any atom is 0.435 e. The first-order chi connectivity index (χ1) is 22.2. The number of hydrogen-bond donors (Lipinski definition) is 1. The number of halogens is 3. The van der Waals surface area contributed by atoms with Crippen molar-refractivity contribution in [3.05, 3.63) is 107 Å². The molecule has 1 amide bonds. The van der Waals surface area contributed by atoms with E-state index in [0.717, 1.165) is 33.5 Å². The summed E-state index contributed by atoms with van der Waals surface area (Å²) < 4.78 is 74.4. The van der Waals surface area contributed by atoms with Gasteiger partial charge in [-0.3, -0.25) is 9.63 Å². The van der Waals surface area contributed by atoms with Gasteiger partial charge in [0.15, 0.2) is 5.69 Å². The maximum atomic E-state index is 13.5. The molecular weight excluding hydrogens is 645 g/mol. The van der Waals surface area contributed by atoms with Crippen molar-refractivity contribution in [1.82, 2.24) is 19.5 Å². The van der Waals surface area contributed by atoms with Crippen molar-refractivity contribution in [3.63, 3.8) is 0 Å². The summed E-state index contributed by atoms with van der Waals surface area (Å²) in [5.41, 5.74) is 0.821. The number of nitrogens with zero attached hydrogens (tertiary/aromatic N) is 5. The van der Waals surface area contributed by atoms with Gasteiger partial charge in [-0.15, -0.1) is 5.01 Å². The summed E-state index contributed by atoms with van der Waals surface area (Å²) in [5.74, 6) is -2.45. The number of benzene rings is 3. The van der Waals surface area contributed by atoms with E-state index in [1.54, 1.807) is 42.5 Å². The predicted octanol–water partition coefficient (Wildman–Crippen LogP) is 4.62. The van der Waals surface area contributed by atoms with Crippen LogP contribution in [0.5, 0.6) is 0 Å². The van der Waals surface area contributed by atoms with Crippen LogP contribution < -0.4 is 4.72 Å². The highest BCUT2D eigenvalue weighted by atomic mass is 32.2. The largest absolute Gasteiger partial charge is 0.569 e. The number of carbonyl (C=O) groups is 2. The fourth-order valence-electron chi connectivity index (χ4n) is 4.42. The SMILES string of the molecule is Cc1ccc(-c2cc(C(F)(F)F)nn2-c2ccc(S(=O)(=O)NC(=O)C3CN(/[N+]([O-])=N/OC(C)OC(=O)c4ccccc4)C3)cc2)cc1. The zero-order valence-electron chi connectivity index (χ0n) is 24.8. The predicted molar refractivity (Wildman–Crippen MR) is 158 cm³/mol. The first-order valence-electron chi connectivity index (χ1n) is 14.0. The minimum atomic E-state index is -4.71. The first-order valence-corrected chi connectivity index (χ1v) is 15.5. The summed E-state index contributed by atoms with van der Waals surface area (Å²) in [6, 6.07) is 20.6. The molecule has 4 aromatic rings. The van der Waals surface area contributed by atoms with E-state index in [0.29, 0.717) is 5.56 Å². The number of ether oxygens (including phenoxy) is 1. The molecule has 0 spiro atoms. The van der Waals surface area contributed by atoms with Crippen molar-refractivity contribution < 1.29 is 45.7 Å². The van der Waals surface area contributed by atoms with Crippen LogP contribution in [-0.2, 0) is 30.6 Å². The van der Waals surface area contributed by atoms with Gasteiger partial charge in [0.2, 0.25) is 11.2 Å². The monoisotopic (exact) mass is 672 g/mol. The van der Waals surface area contributed by atoms with E-state index >= 15 is 0 Å². The summed E-state index contributed by atoms with van der Waals surface area (Å²) in [4.78, 5) is 29.3. The Hall–Kier alpha value is -5.45. The van der Waals surface area contributed by atoms with Crippen LogP contribution in [0.3, 0.4) is 0 Å². The van der Waals surface area contributed by atoms with Crippen molar-refractivity contribution in [2.45, 2.75) is 31.2 Å². The van der Waals surface area contributed by atoms with Crippen LogP contribution in [0.4, 0.5) is 13.2 Å². The average Bonchev–Trinajstić information content (AvgIpc) is 3.46. The van der Waals surface area contributed by atoms with Gasteiger partial charge in [0.1, 0.15) is 0 Å². The standard InChI is InChI=1S/C30H27F3N6O7S/c1-19-8-10-21(11-9-19)26-16-27(30(31,32)33)34-38(26)24-12-14-25(15-13-24)47(43,44)35-28(40)23-17-37(18-23)39(42)36-46-20(2)45-29(41)22-6-4-3-5-7-22/h3-16,20,23H,17-18H2,1-2H3,(H,35,40)/b39-36-. The molecule has 3 aromatic carbocycles. The lowest BCUT2D eigenvalue weighted by molar-refractivity contribution is -0.727. The normalized spacial score (nSPS) is 14.7. The molecule has 1 aromatic heterocycles. The van der Waals surface area contributed by atoms with Crippen LogP contribution in [0.2, 0.25) is 0 Å². The molecule has 1 atom stereocenters. The lowest BCUT2D eigenvalue weighted by Crippen LogP contribution is -2.56. The van der Waals surface area contributed by atoms with Gasteiger partial charge in [0, 0.05) is 12.5 Å². The van der Waals surface area contributed by atoms with E-state index in [4.69, 9.17) is 9.57 Å². The van der Waals surface area contributed by atoms with Crippen molar-refractivity contribution in [3.8, 4) is 16.9 Å². The molecule has 0 saturated carbocycles. The van der Waals surface area contributed by atoms with Crippen LogP contribution in [-0.4, -0.2) is 59.4 Å². The Labute approximate surface area is 266 Å². The van der Waals surface area contributed by atoms with Gasteiger partial charge in [-0.05, 0) is 49.4 Å². The molecule has 0 radical (unpaired) electrons. The highest BCUT2D eigenvalue weighted by Gasteiger charge is 2.40. The number of hydrogen-bond acceptors (Lipinski definition) is 9. The van der Waals surface area contributed by atoms with E-state index in [1.807, 2.05) is 11.6 Å². The van der Waals surface area contributed by atoms with Crippen molar-refractivity contribution in [2.75, 3.05) is 13.1 Å². The minimum Gasteiger partial charge on any atom is -0.569 e. The molecule has 1 fully saturated rings. The Morgan fingerprint density at radius 2 is 1.68 bits per heavy atom. The maximum absolute atomic E-state index is 13.5. The molecule has 1 aliphatic heterocycles. The van der Waals surface area contributed by atoms with Crippen LogP contribution in [0.1, 0.15) is 28.5 Å². The molecule has 246 valence electrons. The molecule has 47 heavy (non-hydrogen) atoms. The van der Waals surface area contributed by atoms with E-state index < -0.39 is 46.0 Å². The molecule has 13 nitrogen and oxygen atoms in total. The van der Waals surface area contributed by atoms with E-state index in [9.17, 15) is 36.4 Å². The van der Waals surface area contributed by atoms with Gasteiger partial charge < -0.3 is 9.94 Å². The van der Waals surface area contributed by atoms with Gasteiger partial charge in [0.25, 0.3) is 16.3 Å². The fourth-order valence-corrected chi connectivity index (χ4v) is 5.47. The van der Waals surface area contributed by atoms with Crippen LogP contribution in [0.25, 0.3) is 16.9 Å². The molecule has 0 bridgehead atoms. The third-order valence-electron chi connectivity index (χ3n) is 7.00. The molecule has 17 heteroatoms. The second kappa shape index (κ2) is 13.1. The second-order valence-electron chi connectivity index (χ2n) is 10.5. The fraction of sp³-hybridized carbons (Fsp3) is 0.233. The summed E-state index contributed by atoms with van der Waals surface area (Å²) in [7, 11) is -4.37. The smallest absolute Gasteiger partial charge is 0.435 e. The zero-order valence-corrected chi connectivity index (χ0v) is 25.6. The summed E-state index contributed by atoms with van der Waals surface area (Å²) >= 11 is 0. The molecule has 0 aliphatic carbocycles. The summed E-state index contributed by atoms with van der Waals surface area (Å²) in [6.07, 6.45) is -5.92. The lowest BCUT2D eigenvalue weighted by atomic mass is 10.0. The third-order valence-corrected chi connectivity index (χ3v) is 8.36. The van der Waals surface area contributed by atoms with Crippen molar-refractivity contribution in [1.29, 1.82) is 0 Å². The number of esters is 1. The molecule has 2 heterocycles. The lowest BCUT2D eigenvalue weighted by Gasteiger charge is -2.32. The van der Waals surface area contributed by atoms with E-state index in [2.05, 4.69) is 10.4 Å². The van der Waals surface area contributed by atoms with Gasteiger partial charge in [-0.1, -0.05) is 48.0 Å². The molecule has 1 unspecified atom stereocenters. The Balaban J connectivity index is 1.19. The highest BCUT2D eigenvalue weighted by molar-refractivity contribution is 7.90. The number of aryl methyl sites for hydroxylation is 1. The first kappa shape index (κ1) is 32.9. The molecule has 1 saturated heterocycles. The molecule has 5 rings (SSSR count). The highest BCUT2D eigenvalue weighted by Crippen LogP contribution is 2.33. The number of amides is 1. The third kappa shape index (κ3) is 7.69. The minimum absolute atomic E-state index is 0.0498. The molecule has 1 N–H and O–H groups in total. The van der Waals surface area contributed by atoms with E-state index in [1.165, 1.54) is 31.2 Å². The molecular formula is C30H27F3N6O7S. The van der Waals surface area contributed by atoms with Crippen LogP contribution >= 0.6 is 0 Å². The van der Waals surface area contributed by atoms with Gasteiger partial charge in [-0.2, -0.15) is 18.3 Å². The number of nitrogens with one attached hydrogen (secondary N) is 1. The van der Waals surface area contributed by atoms with Gasteiger partial charge in [-0.25, -0.2) is 22.6 Å². The zero-order chi connectivity index (χ0) is 33.9. The summed E-state index contributed by atoms with van der Waals surface area (Å²) in [6.45, 7) is 2.82. The van der Waals surface area contributed by atoms with E-state index in [-0.39, 0.29) is 39.9 Å². The number of sulfonamides is 1. The Kier molecular flexibility index (Phi) is 9.19. The van der Waals surface area contributed by atoms with Crippen molar-refractivity contribution in [2.24, 2.45) is 11.2 Å². The molecule has 1 aliphatic rings. The number of aromatic nitrogens is 2. The Morgan fingerprint density at radius 3 is 2.30 bits per heavy atom. The van der Waals surface area contributed by atoms with Crippen LogP contribution in [0, 0.1) is 18.0 Å². The Morgan fingerprint density at radius 1 is 1.04 bits per heavy atom. The summed E-state index contributed by atoms with van der Waals surface area (Å²) in [5, 5.41) is 20.2. The number of alkyl halides is 3. The average molecular weight is 673 g/mol. The van der Waals surface area contributed by atoms with Gasteiger partial charge >= 0.3 is 12.1 Å². The number of hydrazine groups is 1. The van der Waals surface area contributed by atoms with Crippen LogP contribution in [0.15, 0.2) is 95.1 Å². The second-order valence-corrected chi connectivity index (χ2v) is 12.2. The number of carbonyl (C=O) groups excluding carboxylic acids is 2. The van der Waals surface area contributed by atoms with Crippen molar-refractivity contribution >= 4 is 21.9 Å². The topological polar surface area (TPSA) is 158 Å². The number of rotatable bonds is 10. The quantitative estimate of drug-likeness (QED) is 0.0835. The van der Waals surface area contributed by atoms with Gasteiger partial charge in [0.05, 0.1) is 45.8 Å². The Bertz CT molecular complexity index is 1890.